The molecule has 0 fully saturated rings. The van der Waals surface area contributed by atoms with Crippen LogP contribution in [-0.4, -0.2) is 18.6 Å². The fraction of sp³-hybridized carbons (Fsp3) is 0.312. The number of rotatable bonds is 5. The van der Waals surface area contributed by atoms with Crippen molar-refractivity contribution in [1.82, 2.24) is 10.3 Å². The van der Waals surface area contributed by atoms with Crippen molar-refractivity contribution in [2.24, 2.45) is 0 Å². The lowest BCUT2D eigenvalue weighted by Crippen LogP contribution is -2.07. The fourth-order valence-electron chi connectivity index (χ4n) is 2.04. The van der Waals surface area contributed by atoms with Gasteiger partial charge in [0, 0.05) is 17.8 Å². The van der Waals surface area contributed by atoms with Crippen LogP contribution in [0, 0.1) is 6.92 Å². The molecule has 3 nitrogen and oxygen atoms in total. The largest absolute Gasteiger partial charge is 0.494 e. The van der Waals surface area contributed by atoms with Crippen molar-refractivity contribution >= 4 is 0 Å². The number of hydrogen-bond acceptors (Lipinski definition) is 3. The molecule has 1 N–H and O–H groups in total. The summed E-state index contributed by atoms with van der Waals surface area (Å²) in [5.74, 6) is 0.888. The maximum Gasteiger partial charge on any atom is 0.119 e. The summed E-state index contributed by atoms with van der Waals surface area (Å²) in [4.78, 5) is 4.67. The van der Waals surface area contributed by atoms with Gasteiger partial charge < -0.3 is 10.1 Å². The Morgan fingerprint density at radius 2 is 2.05 bits per heavy atom. The number of nitrogens with one attached hydrogen (secondary N) is 1. The summed E-state index contributed by atoms with van der Waals surface area (Å²) in [5, 5.41) is 3.15. The van der Waals surface area contributed by atoms with Gasteiger partial charge >= 0.3 is 0 Å². The van der Waals surface area contributed by atoms with Gasteiger partial charge in [0.1, 0.15) is 5.75 Å². The third kappa shape index (κ3) is 3.32. The van der Waals surface area contributed by atoms with Crippen LogP contribution in [0.1, 0.15) is 18.2 Å². The van der Waals surface area contributed by atoms with Crippen molar-refractivity contribution in [3.8, 4) is 17.0 Å². The Kier molecular flexibility index (Phi) is 4.53. The molecule has 0 aliphatic heterocycles. The molecule has 0 aliphatic carbocycles. The van der Waals surface area contributed by atoms with Gasteiger partial charge in [-0.2, -0.15) is 0 Å². The van der Waals surface area contributed by atoms with E-state index in [1.165, 1.54) is 5.56 Å². The lowest BCUT2D eigenvalue weighted by Gasteiger charge is -2.09. The summed E-state index contributed by atoms with van der Waals surface area (Å²) in [6.07, 6.45) is 0. The maximum absolute atomic E-state index is 5.52. The Morgan fingerprint density at radius 1 is 1.21 bits per heavy atom. The van der Waals surface area contributed by atoms with Crippen molar-refractivity contribution in [2.75, 3.05) is 13.7 Å². The zero-order chi connectivity index (χ0) is 13.7. The summed E-state index contributed by atoms with van der Waals surface area (Å²) in [6, 6.07) is 12.2. The van der Waals surface area contributed by atoms with Crippen molar-refractivity contribution in [2.45, 2.75) is 20.4 Å². The van der Waals surface area contributed by atoms with Crippen LogP contribution in [-0.2, 0) is 6.54 Å². The number of nitrogens with zero attached hydrogens (tertiary/aromatic N) is 1. The molecule has 1 heterocycles. The van der Waals surface area contributed by atoms with Gasteiger partial charge in [0.2, 0.25) is 0 Å². The lowest BCUT2D eigenvalue weighted by molar-refractivity contribution is 0.340. The molecule has 19 heavy (non-hydrogen) atoms. The van der Waals surface area contributed by atoms with Crippen molar-refractivity contribution in [1.29, 1.82) is 0 Å². The number of aryl methyl sites for hydroxylation is 1. The molecule has 0 saturated heterocycles. The monoisotopic (exact) mass is 256 g/mol. The van der Waals surface area contributed by atoms with Crippen LogP contribution in [0.15, 0.2) is 36.4 Å². The molecule has 0 unspecified atom stereocenters. The molecule has 2 rings (SSSR count). The molecule has 0 amide bonds. The zero-order valence-corrected chi connectivity index (χ0v) is 11.7. The standard InChI is InChI=1S/C16H20N2O/c1-4-19-15-7-5-6-13(10-15)16-9-8-14(11-17-3)12(2)18-16/h5-10,17H,4,11H2,1-3H3. The van der Waals surface area contributed by atoms with Gasteiger partial charge in [0.15, 0.2) is 0 Å². The van der Waals surface area contributed by atoms with Gasteiger partial charge in [0.05, 0.1) is 12.3 Å². The third-order valence-electron chi connectivity index (χ3n) is 3.00. The van der Waals surface area contributed by atoms with E-state index in [4.69, 9.17) is 4.74 Å². The molecule has 0 radical (unpaired) electrons. The highest BCUT2D eigenvalue weighted by Crippen LogP contribution is 2.23. The predicted octanol–water partition coefficient (Wildman–Crippen LogP) is 3.18. The van der Waals surface area contributed by atoms with E-state index in [1.807, 2.05) is 39.1 Å². The van der Waals surface area contributed by atoms with Gasteiger partial charge in [-0.25, -0.2) is 0 Å². The molecule has 2 aromatic rings. The Balaban J connectivity index is 2.31. The van der Waals surface area contributed by atoms with Gasteiger partial charge in [-0.15, -0.1) is 0 Å². The Hall–Kier alpha value is -1.87. The van der Waals surface area contributed by atoms with Crippen LogP contribution in [0.5, 0.6) is 5.75 Å². The number of pyridine rings is 1. The summed E-state index contributed by atoms with van der Waals surface area (Å²) in [7, 11) is 1.94. The normalized spacial score (nSPS) is 10.5. The smallest absolute Gasteiger partial charge is 0.119 e. The highest BCUT2D eigenvalue weighted by atomic mass is 16.5. The summed E-state index contributed by atoms with van der Waals surface area (Å²) < 4.78 is 5.52. The minimum atomic E-state index is 0.678. The minimum Gasteiger partial charge on any atom is -0.494 e. The molecule has 3 heteroatoms. The van der Waals surface area contributed by atoms with E-state index in [1.54, 1.807) is 0 Å². The molecule has 0 atom stereocenters. The van der Waals surface area contributed by atoms with E-state index >= 15 is 0 Å². The highest BCUT2D eigenvalue weighted by Gasteiger charge is 2.04. The molecular weight excluding hydrogens is 236 g/mol. The first-order valence-corrected chi connectivity index (χ1v) is 6.59. The molecule has 0 spiro atoms. The van der Waals surface area contributed by atoms with E-state index in [0.29, 0.717) is 6.61 Å². The predicted molar refractivity (Wildman–Crippen MR) is 78.3 cm³/mol. The molecular formula is C16H20N2O. The molecule has 1 aromatic heterocycles. The van der Waals surface area contributed by atoms with E-state index in [0.717, 1.165) is 29.2 Å². The Bertz CT molecular complexity index is 552. The first-order valence-electron chi connectivity index (χ1n) is 6.59. The average Bonchev–Trinajstić information content (AvgIpc) is 2.42. The van der Waals surface area contributed by atoms with Crippen LogP contribution < -0.4 is 10.1 Å². The van der Waals surface area contributed by atoms with E-state index < -0.39 is 0 Å². The summed E-state index contributed by atoms with van der Waals surface area (Å²) >= 11 is 0. The number of ether oxygens (including phenoxy) is 1. The van der Waals surface area contributed by atoms with E-state index in [2.05, 4.69) is 28.5 Å². The van der Waals surface area contributed by atoms with E-state index in [9.17, 15) is 0 Å². The van der Waals surface area contributed by atoms with Gasteiger partial charge in [-0.1, -0.05) is 18.2 Å². The number of aromatic nitrogens is 1. The first-order chi connectivity index (χ1) is 9.24. The number of hydrogen-bond donors (Lipinski definition) is 1. The SMILES string of the molecule is CCOc1cccc(-c2ccc(CNC)c(C)n2)c1. The van der Waals surface area contributed by atoms with Gasteiger partial charge in [0.25, 0.3) is 0 Å². The second-order valence-electron chi connectivity index (χ2n) is 4.43. The van der Waals surface area contributed by atoms with Crippen molar-refractivity contribution in [3.63, 3.8) is 0 Å². The van der Waals surface area contributed by atoms with Crippen molar-refractivity contribution < 1.29 is 4.74 Å². The third-order valence-corrected chi connectivity index (χ3v) is 3.00. The lowest BCUT2D eigenvalue weighted by atomic mass is 10.1. The second kappa shape index (κ2) is 6.34. The van der Waals surface area contributed by atoms with Crippen LogP contribution in [0.2, 0.25) is 0 Å². The summed E-state index contributed by atoms with van der Waals surface area (Å²) in [6.45, 7) is 5.55. The molecule has 1 aromatic carbocycles. The minimum absolute atomic E-state index is 0.678. The van der Waals surface area contributed by atoms with Gasteiger partial charge in [-0.05, 0) is 44.7 Å². The summed E-state index contributed by atoms with van der Waals surface area (Å²) in [5.41, 5.74) is 4.37. The first kappa shape index (κ1) is 13.6. The fourth-order valence-corrected chi connectivity index (χ4v) is 2.04. The maximum atomic E-state index is 5.52. The Morgan fingerprint density at radius 3 is 2.74 bits per heavy atom. The zero-order valence-electron chi connectivity index (χ0n) is 11.7. The van der Waals surface area contributed by atoms with Gasteiger partial charge in [-0.3, -0.25) is 4.98 Å². The average molecular weight is 256 g/mol. The highest BCUT2D eigenvalue weighted by molar-refractivity contribution is 5.61. The number of benzene rings is 1. The van der Waals surface area contributed by atoms with Crippen LogP contribution >= 0.6 is 0 Å². The molecule has 0 bridgehead atoms. The van der Waals surface area contributed by atoms with E-state index in [-0.39, 0.29) is 0 Å². The molecule has 100 valence electrons. The molecule has 0 aliphatic rings. The quantitative estimate of drug-likeness (QED) is 0.892. The molecule has 0 saturated carbocycles. The van der Waals surface area contributed by atoms with Crippen LogP contribution in [0.4, 0.5) is 0 Å². The Labute approximate surface area is 114 Å². The van der Waals surface area contributed by atoms with Crippen molar-refractivity contribution in [3.05, 3.63) is 47.7 Å². The second-order valence-corrected chi connectivity index (χ2v) is 4.43. The topological polar surface area (TPSA) is 34.1 Å². The van der Waals surface area contributed by atoms with Crippen LogP contribution in [0.25, 0.3) is 11.3 Å². The van der Waals surface area contributed by atoms with Crippen LogP contribution in [0.3, 0.4) is 0 Å².